The number of nitrogens with zero attached hydrogens (tertiary/aromatic N) is 2. The second-order valence-corrected chi connectivity index (χ2v) is 6.74. The van der Waals surface area contributed by atoms with Crippen LogP contribution in [0.4, 0.5) is 10.2 Å². The third-order valence-electron chi connectivity index (χ3n) is 4.47. The van der Waals surface area contributed by atoms with Gasteiger partial charge in [0.25, 0.3) is 5.91 Å². The van der Waals surface area contributed by atoms with Gasteiger partial charge in [0.2, 0.25) is 0 Å². The Balaban J connectivity index is 1.81. The van der Waals surface area contributed by atoms with Gasteiger partial charge in [0, 0.05) is 12.6 Å². The average Bonchev–Trinajstić information content (AvgIpc) is 2.66. The normalized spacial score (nSPS) is 13.2. The molecule has 0 saturated heterocycles. The zero-order chi connectivity index (χ0) is 19.6. The van der Waals surface area contributed by atoms with Gasteiger partial charge < -0.3 is 10.6 Å². The molecular formula is C19H23FN6O. The molecule has 27 heavy (non-hydrogen) atoms. The highest BCUT2D eigenvalue weighted by molar-refractivity contribution is 6.04. The standard InChI is InChI=1S/C19H23FN6O/c1-11(2)26(22)18(21)16-4-3-5-17(24-16)25-19(27)14-8-13-10-23-7-6-12(13)9-15(14)20/h3-5,8-9,11,21,23H,6-7,10,22H2,1-2H3,(H,24,25,27). The first-order valence-electron chi connectivity index (χ1n) is 8.80. The summed E-state index contributed by atoms with van der Waals surface area (Å²) in [6.07, 6.45) is 0.741. The smallest absolute Gasteiger partial charge is 0.259 e. The minimum Gasteiger partial charge on any atom is -0.312 e. The van der Waals surface area contributed by atoms with E-state index in [-0.39, 0.29) is 23.3 Å². The third-order valence-corrected chi connectivity index (χ3v) is 4.47. The molecule has 0 unspecified atom stereocenters. The summed E-state index contributed by atoms with van der Waals surface area (Å²) in [7, 11) is 0. The van der Waals surface area contributed by atoms with Gasteiger partial charge in [-0.2, -0.15) is 0 Å². The first-order chi connectivity index (χ1) is 12.9. The number of nitrogens with two attached hydrogens (primary N) is 1. The maximum atomic E-state index is 14.4. The van der Waals surface area contributed by atoms with Crippen LogP contribution in [-0.2, 0) is 13.0 Å². The van der Waals surface area contributed by atoms with Gasteiger partial charge in [-0.1, -0.05) is 6.07 Å². The Labute approximate surface area is 157 Å². The zero-order valence-electron chi connectivity index (χ0n) is 15.3. The lowest BCUT2D eigenvalue weighted by atomic mass is 9.98. The second kappa shape index (κ2) is 7.81. The van der Waals surface area contributed by atoms with Crippen LogP contribution in [0.25, 0.3) is 0 Å². The highest BCUT2D eigenvalue weighted by Gasteiger charge is 2.19. The summed E-state index contributed by atoms with van der Waals surface area (Å²) in [5, 5.41) is 15.2. The molecule has 8 heteroatoms. The summed E-state index contributed by atoms with van der Waals surface area (Å²) in [6.45, 7) is 5.12. The number of fused-ring (bicyclic) bond motifs is 1. The van der Waals surface area contributed by atoms with Crippen LogP contribution in [0.3, 0.4) is 0 Å². The Bertz CT molecular complexity index is 882. The number of pyridine rings is 1. The number of hydrogen-bond donors (Lipinski definition) is 4. The molecule has 142 valence electrons. The highest BCUT2D eigenvalue weighted by Crippen LogP contribution is 2.20. The van der Waals surface area contributed by atoms with E-state index in [9.17, 15) is 9.18 Å². The van der Waals surface area contributed by atoms with Crippen LogP contribution in [0.2, 0.25) is 0 Å². The van der Waals surface area contributed by atoms with Gasteiger partial charge in [-0.25, -0.2) is 15.2 Å². The molecule has 1 aromatic heterocycles. The van der Waals surface area contributed by atoms with Crippen molar-refractivity contribution in [2.24, 2.45) is 5.84 Å². The van der Waals surface area contributed by atoms with Gasteiger partial charge in [-0.05, 0) is 62.2 Å². The molecule has 0 bridgehead atoms. The number of carbonyl (C=O) groups is 1. The van der Waals surface area contributed by atoms with E-state index in [0.717, 1.165) is 24.1 Å². The van der Waals surface area contributed by atoms with Crippen molar-refractivity contribution in [3.05, 3.63) is 58.5 Å². The molecule has 2 heterocycles. The van der Waals surface area contributed by atoms with Crippen molar-refractivity contribution in [3.8, 4) is 0 Å². The number of benzene rings is 1. The van der Waals surface area contributed by atoms with Crippen molar-refractivity contribution >= 4 is 17.6 Å². The number of aromatic nitrogens is 1. The van der Waals surface area contributed by atoms with E-state index >= 15 is 0 Å². The van der Waals surface area contributed by atoms with E-state index < -0.39 is 11.7 Å². The fourth-order valence-corrected chi connectivity index (χ4v) is 2.89. The molecule has 1 aromatic carbocycles. The lowest BCUT2D eigenvalue weighted by molar-refractivity contribution is 0.102. The quantitative estimate of drug-likeness (QED) is 0.285. The summed E-state index contributed by atoms with van der Waals surface area (Å²) in [5.74, 6) is 4.98. The van der Waals surface area contributed by atoms with E-state index in [4.69, 9.17) is 11.3 Å². The molecule has 5 N–H and O–H groups in total. The van der Waals surface area contributed by atoms with Crippen molar-refractivity contribution < 1.29 is 9.18 Å². The molecule has 0 aliphatic carbocycles. The number of halogens is 1. The lowest BCUT2D eigenvalue weighted by Crippen LogP contribution is -2.43. The molecule has 1 aliphatic heterocycles. The van der Waals surface area contributed by atoms with Crippen molar-refractivity contribution in [3.63, 3.8) is 0 Å². The molecule has 1 amide bonds. The van der Waals surface area contributed by atoms with Crippen LogP contribution < -0.4 is 16.5 Å². The Hall–Kier alpha value is -2.84. The van der Waals surface area contributed by atoms with Crippen LogP contribution in [0, 0.1) is 11.2 Å². The van der Waals surface area contributed by atoms with E-state index in [2.05, 4.69) is 15.6 Å². The van der Waals surface area contributed by atoms with Crippen molar-refractivity contribution in [1.82, 2.24) is 15.3 Å². The lowest BCUT2D eigenvalue weighted by Gasteiger charge is -2.23. The number of anilines is 1. The zero-order valence-corrected chi connectivity index (χ0v) is 15.3. The molecule has 3 rings (SSSR count). The first-order valence-corrected chi connectivity index (χ1v) is 8.80. The van der Waals surface area contributed by atoms with Gasteiger partial charge >= 0.3 is 0 Å². The Morgan fingerprint density at radius 1 is 1.37 bits per heavy atom. The molecule has 0 saturated carbocycles. The Morgan fingerprint density at radius 2 is 2.15 bits per heavy atom. The molecule has 2 aromatic rings. The van der Waals surface area contributed by atoms with Crippen molar-refractivity contribution in [2.75, 3.05) is 11.9 Å². The summed E-state index contributed by atoms with van der Waals surface area (Å²) >= 11 is 0. The second-order valence-electron chi connectivity index (χ2n) is 6.74. The van der Waals surface area contributed by atoms with Crippen molar-refractivity contribution in [2.45, 2.75) is 32.9 Å². The Kier molecular flexibility index (Phi) is 5.48. The Morgan fingerprint density at radius 3 is 2.89 bits per heavy atom. The predicted molar refractivity (Wildman–Crippen MR) is 102 cm³/mol. The predicted octanol–water partition coefficient (Wildman–Crippen LogP) is 2.03. The minimum absolute atomic E-state index is 0.0256. The molecule has 0 atom stereocenters. The monoisotopic (exact) mass is 370 g/mol. The van der Waals surface area contributed by atoms with Crippen LogP contribution in [-0.4, -0.2) is 34.3 Å². The van der Waals surface area contributed by atoms with Gasteiger partial charge in [-0.3, -0.25) is 15.2 Å². The van der Waals surface area contributed by atoms with E-state index in [0.29, 0.717) is 12.2 Å². The van der Waals surface area contributed by atoms with Gasteiger partial charge in [0.1, 0.15) is 17.3 Å². The summed E-state index contributed by atoms with van der Waals surface area (Å²) in [6, 6.07) is 7.82. The molecule has 0 spiro atoms. The fourth-order valence-electron chi connectivity index (χ4n) is 2.89. The van der Waals surface area contributed by atoms with Crippen LogP contribution in [0.15, 0.2) is 30.3 Å². The van der Waals surface area contributed by atoms with Crippen LogP contribution in [0.1, 0.15) is 41.0 Å². The average molecular weight is 370 g/mol. The number of amides is 1. The topological polar surface area (TPSA) is 107 Å². The number of amidine groups is 1. The minimum atomic E-state index is -0.578. The third kappa shape index (κ3) is 4.12. The van der Waals surface area contributed by atoms with E-state index in [1.165, 1.54) is 11.1 Å². The SMILES string of the molecule is CC(C)N(N)C(=N)c1cccc(NC(=O)c2cc3c(cc2F)CCNC3)n1. The first kappa shape index (κ1) is 18.9. The van der Waals surface area contributed by atoms with E-state index in [1.807, 2.05) is 13.8 Å². The van der Waals surface area contributed by atoms with Crippen molar-refractivity contribution in [1.29, 1.82) is 5.41 Å². The maximum Gasteiger partial charge on any atom is 0.259 e. The summed E-state index contributed by atoms with van der Waals surface area (Å²) in [5.41, 5.74) is 2.14. The highest BCUT2D eigenvalue weighted by atomic mass is 19.1. The number of hydrazine groups is 1. The summed E-state index contributed by atoms with van der Waals surface area (Å²) < 4.78 is 14.4. The largest absolute Gasteiger partial charge is 0.312 e. The van der Waals surface area contributed by atoms with Gasteiger partial charge in [0.15, 0.2) is 5.84 Å². The number of rotatable bonds is 4. The number of hydrogen-bond acceptors (Lipinski definition) is 5. The molecule has 1 aliphatic rings. The molecular weight excluding hydrogens is 347 g/mol. The summed E-state index contributed by atoms with van der Waals surface area (Å²) in [4.78, 5) is 16.8. The van der Waals surface area contributed by atoms with Crippen LogP contribution >= 0.6 is 0 Å². The van der Waals surface area contributed by atoms with Crippen LogP contribution in [0.5, 0.6) is 0 Å². The van der Waals surface area contributed by atoms with E-state index in [1.54, 1.807) is 24.3 Å². The maximum absolute atomic E-state index is 14.4. The van der Waals surface area contributed by atoms with Gasteiger partial charge in [0.05, 0.1) is 5.56 Å². The molecule has 0 radical (unpaired) electrons. The van der Waals surface area contributed by atoms with Gasteiger partial charge in [-0.15, -0.1) is 0 Å². The fraction of sp³-hybridized carbons (Fsp3) is 0.316. The molecule has 7 nitrogen and oxygen atoms in total. The molecule has 0 fully saturated rings. The number of nitrogens with one attached hydrogen (secondary N) is 3. The number of carbonyl (C=O) groups excluding carboxylic acids is 1.